The van der Waals surface area contributed by atoms with Gasteiger partial charge in [-0.05, 0) is 37.0 Å². The zero-order valence-corrected chi connectivity index (χ0v) is 12.9. The lowest BCUT2D eigenvalue weighted by molar-refractivity contribution is 0.586. The van der Waals surface area contributed by atoms with Gasteiger partial charge in [0.1, 0.15) is 0 Å². The predicted octanol–water partition coefficient (Wildman–Crippen LogP) is 3.28. The largest absolute Gasteiger partial charge is 0.270 e. The molecule has 0 aromatic heterocycles. The van der Waals surface area contributed by atoms with Crippen LogP contribution in [0.4, 0.5) is 5.69 Å². The fourth-order valence-electron chi connectivity index (χ4n) is 2.76. The first kappa shape index (κ1) is 14.1. The molecule has 0 spiro atoms. The van der Waals surface area contributed by atoms with Crippen molar-refractivity contribution in [3.8, 4) is 0 Å². The van der Waals surface area contributed by atoms with Gasteiger partial charge in [0.05, 0.1) is 11.4 Å². The smallest absolute Gasteiger partial charge is 0.239 e. The van der Waals surface area contributed by atoms with Crippen LogP contribution in [0.3, 0.4) is 0 Å². The van der Waals surface area contributed by atoms with Gasteiger partial charge in [0, 0.05) is 6.54 Å². The van der Waals surface area contributed by atoms with Crippen molar-refractivity contribution in [1.82, 2.24) is 0 Å². The lowest BCUT2D eigenvalue weighted by Crippen LogP contribution is -2.36. The van der Waals surface area contributed by atoms with Crippen LogP contribution in [0.2, 0.25) is 0 Å². The zero-order chi connectivity index (χ0) is 14.9. The molecule has 0 amide bonds. The highest BCUT2D eigenvalue weighted by Crippen LogP contribution is 2.30. The van der Waals surface area contributed by atoms with Gasteiger partial charge in [-0.3, -0.25) is 4.31 Å². The van der Waals surface area contributed by atoms with Gasteiger partial charge in [-0.2, -0.15) is 0 Å². The Kier molecular flexibility index (Phi) is 3.72. The third kappa shape index (κ3) is 2.95. The summed E-state index contributed by atoms with van der Waals surface area (Å²) < 4.78 is 27.0. The molecule has 0 unspecified atom stereocenters. The van der Waals surface area contributed by atoms with Crippen LogP contribution in [-0.2, 0) is 22.2 Å². The van der Waals surface area contributed by atoms with E-state index in [4.69, 9.17) is 0 Å². The van der Waals surface area contributed by atoms with E-state index in [0.29, 0.717) is 6.54 Å². The fourth-order valence-corrected chi connectivity index (χ4v) is 4.42. The number of aryl methyl sites for hydroxylation is 2. The molecule has 0 fully saturated rings. The average Bonchev–Trinajstić information content (AvgIpc) is 2.49. The monoisotopic (exact) mass is 301 g/mol. The van der Waals surface area contributed by atoms with Crippen molar-refractivity contribution in [3.63, 3.8) is 0 Å². The molecule has 0 atom stereocenters. The van der Waals surface area contributed by atoms with Crippen molar-refractivity contribution in [3.05, 3.63) is 65.2 Å². The van der Waals surface area contributed by atoms with E-state index < -0.39 is 10.0 Å². The van der Waals surface area contributed by atoms with Gasteiger partial charge in [-0.25, -0.2) is 8.42 Å². The zero-order valence-electron chi connectivity index (χ0n) is 12.1. The first-order valence-corrected chi connectivity index (χ1v) is 8.81. The van der Waals surface area contributed by atoms with Crippen LogP contribution in [0.5, 0.6) is 0 Å². The van der Waals surface area contributed by atoms with Crippen LogP contribution in [0.1, 0.15) is 23.1 Å². The van der Waals surface area contributed by atoms with Crippen molar-refractivity contribution in [2.45, 2.75) is 25.5 Å². The molecular formula is C17H19NO2S. The van der Waals surface area contributed by atoms with Crippen molar-refractivity contribution >= 4 is 15.7 Å². The quantitative estimate of drug-likeness (QED) is 0.872. The number of anilines is 1. The molecule has 0 saturated carbocycles. The minimum Gasteiger partial charge on any atom is -0.270 e. The third-order valence-electron chi connectivity index (χ3n) is 3.87. The molecule has 0 radical (unpaired) electrons. The van der Waals surface area contributed by atoms with Gasteiger partial charge < -0.3 is 0 Å². The van der Waals surface area contributed by atoms with E-state index in [9.17, 15) is 8.42 Å². The summed E-state index contributed by atoms with van der Waals surface area (Å²) in [6.45, 7) is 2.57. The second-order valence-corrected chi connectivity index (χ2v) is 7.44. The summed E-state index contributed by atoms with van der Waals surface area (Å²) in [7, 11) is -3.33. The Morgan fingerprint density at radius 3 is 2.52 bits per heavy atom. The molecule has 3 nitrogen and oxygen atoms in total. The van der Waals surface area contributed by atoms with Crippen molar-refractivity contribution in [2.75, 3.05) is 10.8 Å². The molecule has 21 heavy (non-hydrogen) atoms. The molecule has 1 heterocycles. The van der Waals surface area contributed by atoms with E-state index in [0.717, 1.165) is 35.2 Å². The number of rotatable bonds is 3. The molecular weight excluding hydrogens is 282 g/mol. The van der Waals surface area contributed by atoms with Crippen molar-refractivity contribution in [2.24, 2.45) is 0 Å². The molecule has 2 aromatic carbocycles. The van der Waals surface area contributed by atoms with Gasteiger partial charge >= 0.3 is 0 Å². The topological polar surface area (TPSA) is 37.4 Å². The van der Waals surface area contributed by atoms with Crippen LogP contribution >= 0.6 is 0 Å². The molecule has 110 valence electrons. The minimum absolute atomic E-state index is 0.0572. The highest BCUT2D eigenvalue weighted by Gasteiger charge is 2.27. The van der Waals surface area contributed by atoms with Gasteiger partial charge in [0.25, 0.3) is 0 Å². The predicted molar refractivity (Wildman–Crippen MR) is 85.9 cm³/mol. The standard InChI is InChI=1S/C17H19NO2S/c1-14-8-10-15(11-9-14)13-21(19,20)18-12-4-6-16-5-2-3-7-17(16)18/h2-3,5,7-11H,4,6,12-13H2,1H3. The number of hydrogen-bond acceptors (Lipinski definition) is 2. The average molecular weight is 301 g/mol. The van der Waals surface area contributed by atoms with Crippen LogP contribution in [0, 0.1) is 6.92 Å². The number of benzene rings is 2. The summed E-state index contributed by atoms with van der Waals surface area (Å²) in [5, 5.41) is 0. The van der Waals surface area contributed by atoms with Crippen molar-refractivity contribution < 1.29 is 8.42 Å². The van der Waals surface area contributed by atoms with E-state index in [1.54, 1.807) is 4.31 Å². The molecule has 2 aromatic rings. The van der Waals surface area contributed by atoms with E-state index >= 15 is 0 Å². The number of para-hydroxylation sites is 1. The number of fused-ring (bicyclic) bond motifs is 1. The summed E-state index contributed by atoms with van der Waals surface area (Å²) in [6, 6.07) is 15.5. The summed E-state index contributed by atoms with van der Waals surface area (Å²) in [5.41, 5.74) is 3.94. The Morgan fingerprint density at radius 2 is 1.76 bits per heavy atom. The maximum atomic E-state index is 12.7. The first-order chi connectivity index (χ1) is 10.1. The SMILES string of the molecule is Cc1ccc(CS(=O)(=O)N2CCCc3ccccc32)cc1. The second-order valence-electron chi connectivity index (χ2n) is 5.55. The number of sulfonamides is 1. The normalized spacial score (nSPS) is 14.8. The molecule has 3 rings (SSSR count). The van der Waals surface area contributed by atoms with Gasteiger partial charge in [0.2, 0.25) is 10.0 Å². The lowest BCUT2D eigenvalue weighted by atomic mass is 10.0. The maximum Gasteiger partial charge on any atom is 0.239 e. The summed E-state index contributed by atoms with van der Waals surface area (Å²) in [5.74, 6) is 0.0572. The highest BCUT2D eigenvalue weighted by atomic mass is 32.2. The summed E-state index contributed by atoms with van der Waals surface area (Å²) in [4.78, 5) is 0. The molecule has 0 aliphatic carbocycles. The minimum atomic E-state index is -3.33. The second kappa shape index (κ2) is 5.53. The molecule has 1 aliphatic heterocycles. The molecule has 4 heteroatoms. The van der Waals surface area contributed by atoms with Gasteiger partial charge in [-0.15, -0.1) is 0 Å². The van der Waals surface area contributed by atoms with Gasteiger partial charge in [-0.1, -0.05) is 48.0 Å². The van der Waals surface area contributed by atoms with Crippen molar-refractivity contribution in [1.29, 1.82) is 0 Å². The van der Waals surface area contributed by atoms with E-state index in [1.807, 2.05) is 55.5 Å². The first-order valence-electron chi connectivity index (χ1n) is 7.20. The van der Waals surface area contributed by atoms with E-state index in [-0.39, 0.29) is 5.75 Å². The Morgan fingerprint density at radius 1 is 1.05 bits per heavy atom. The molecule has 0 N–H and O–H groups in total. The number of nitrogens with zero attached hydrogens (tertiary/aromatic N) is 1. The summed E-state index contributed by atoms with van der Waals surface area (Å²) in [6.07, 6.45) is 1.83. The van der Waals surface area contributed by atoms with Gasteiger partial charge in [0.15, 0.2) is 0 Å². The lowest BCUT2D eigenvalue weighted by Gasteiger charge is -2.30. The Balaban J connectivity index is 1.91. The fraction of sp³-hybridized carbons (Fsp3) is 0.294. The highest BCUT2D eigenvalue weighted by molar-refractivity contribution is 7.92. The molecule has 0 bridgehead atoms. The molecule has 1 aliphatic rings. The molecule has 0 saturated heterocycles. The van der Waals surface area contributed by atoms with Crippen LogP contribution in [-0.4, -0.2) is 15.0 Å². The van der Waals surface area contributed by atoms with Crippen LogP contribution in [0.15, 0.2) is 48.5 Å². The third-order valence-corrected chi connectivity index (χ3v) is 5.62. The van der Waals surface area contributed by atoms with E-state index in [2.05, 4.69) is 0 Å². The van der Waals surface area contributed by atoms with Crippen LogP contribution in [0.25, 0.3) is 0 Å². The van der Waals surface area contributed by atoms with E-state index in [1.165, 1.54) is 0 Å². The maximum absolute atomic E-state index is 12.7. The Bertz CT molecular complexity index is 736. The number of hydrogen-bond donors (Lipinski definition) is 0. The summed E-state index contributed by atoms with van der Waals surface area (Å²) >= 11 is 0. The Hall–Kier alpha value is -1.81. The Labute approximate surface area is 126 Å². The van der Waals surface area contributed by atoms with Crippen LogP contribution < -0.4 is 4.31 Å².